The van der Waals surface area contributed by atoms with Gasteiger partial charge < -0.3 is 15.3 Å². The number of fused-ring (bicyclic) bond motifs is 1. The molecular weight excluding hydrogens is 341 g/mol. The molecule has 0 saturated carbocycles. The highest BCUT2D eigenvalue weighted by atomic mass is 32.1. The van der Waals surface area contributed by atoms with Crippen LogP contribution < -0.4 is 5.32 Å². The van der Waals surface area contributed by atoms with E-state index in [1.807, 2.05) is 38.1 Å². The first-order valence-corrected chi connectivity index (χ1v) is 8.98. The number of nitrogens with zero attached hydrogens (tertiary/aromatic N) is 4. The molecule has 3 heterocycles. The van der Waals surface area contributed by atoms with Crippen molar-refractivity contribution in [1.82, 2.24) is 19.7 Å². The molecule has 8 heteroatoms. The maximum Gasteiger partial charge on any atom is 0.194 e. The Morgan fingerprint density at radius 3 is 2.76 bits per heavy atom. The fourth-order valence-corrected chi connectivity index (χ4v) is 4.26. The van der Waals surface area contributed by atoms with Crippen LogP contribution in [0, 0.1) is 13.8 Å². The number of aromatic hydroxyl groups is 1. The van der Waals surface area contributed by atoms with Crippen LogP contribution in [0.5, 0.6) is 5.75 Å². The van der Waals surface area contributed by atoms with Gasteiger partial charge >= 0.3 is 0 Å². The molecule has 1 aliphatic rings. The molecule has 0 unspecified atom stereocenters. The van der Waals surface area contributed by atoms with Crippen LogP contribution in [0.25, 0.3) is 16.0 Å². The Labute approximate surface area is 148 Å². The van der Waals surface area contributed by atoms with Crippen LogP contribution in [0.2, 0.25) is 0 Å². The van der Waals surface area contributed by atoms with Gasteiger partial charge in [-0.15, -0.1) is 5.10 Å². The van der Waals surface area contributed by atoms with E-state index in [1.165, 1.54) is 11.3 Å². The number of likely N-dealkylation sites (tertiary alicyclic amines) is 1. The summed E-state index contributed by atoms with van der Waals surface area (Å²) in [6.45, 7) is 4.99. The summed E-state index contributed by atoms with van der Waals surface area (Å²) in [6, 6.07) is 3.48. The topological polar surface area (TPSA) is 66.2 Å². The van der Waals surface area contributed by atoms with Crippen molar-refractivity contribution < 1.29 is 9.50 Å². The zero-order valence-electron chi connectivity index (χ0n) is 14.3. The van der Waals surface area contributed by atoms with E-state index in [0.29, 0.717) is 29.6 Å². The number of anilines is 1. The maximum absolute atomic E-state index is 13.9. The number of phenols is 1. The second kappa shape index (κ2) is 5.96. The first-order chi connectivity index (χ1) is 11.9. The number of nitrogens with one attached hydrogen (secondary N) is 1. The third-order valence-electron chi connectivity index (χ3n) is 4.47. The van der Waals surface area contributed by atoms with Gasteiger partial charge in [-0.1, -0.05) is 17.4 Å². The standard InChI is InChI=1S/C17H20FN5OS/c1-9-4-10(2)15(13(24)5-9)23-8-14-16(21-23)20-17(25-14)19-12-7-22(3)6-11(12)18/h4-5,8,11-12,24H,6-7H2,1-3H3,(H,19,20,21)/t11-,12-/m1/s1. The van der Waals surface area contributed by atoms with E-state index in [9.17, 15) is 9.50 Å². The van der Waals surface area contributed by atoms with Crippen molar-refractivity contribution >= 4 is 26.8 Å². The molecule has 2 N–H and O–H groups in total. The molecule has 0 aliphatic carbocycles. The third-order valence-corrected chi connectivity index (χ3v) is 5.38. The van der Waals surface area contributed by atoms with Crippen molar-refractivity contribution in [2.24, 2.45) is 0 Å². The Bertz CT molecular complexity index is 882. The minimum absolute atomic E-state index is 0.195. The highest BCUT2D eigenvalue weighted by Crippen LogP contribution is 2.31. The van der Waals surface area contributed by atoms with Gasteiger partial charge in [-0.3, -0.25) is 0 Å². The number of aryl methyl sites for hydroxylation is 2. The summed E-state index contributed by atoms with van der Waals surface area (Å²) in [4.78, 5) is 6.43. The van der Waals surface area contributed by atoms with E-state index in [2.05, 4.69) is 15.4 Å². The lowest BCUT2D eigenvalue weighted by Gasteiger charge is -2.12. The SMILES string of the molecule is Cc1cc(C)c(-n2cc3sc(N[C@@H]4CN(C)C[C@H]4F)nc3n2)c(O)c1. The van der Waals surface area contributed by atoms with Gasteiger partial charge in [-0.25, -0.2) is 9.07 Å². The molecule has 1 fully saturated rings. The molecule has 0 amide bonds. The van der Waals surface area contributed by atoms with Gasteiger partial charge in [0.15, 0.2) is 10.8 Å². The average molecular weight is 361 g/mol. The van der Waals surface area contributed by atoms with E-state index in [1.54, 1.807) is 10.7 Å². The van der Waals surface area contributed by atoms with Crippen LogP contribution in [0.4, 0.5) is 9.52 Å². The quantitative estimate of drug-likeness (QED) is 0.751. The van der Waals surface area contributed by atoms with E-state index >= 15 is 0 Å². The van der Waals surface area contributed by atoms with Crippen LogP contribution in [0.3, 0.4) is 0 Å². The summed E-state index contributed by atoms with van der Waals surface area (Å²) in [5.74, 6) is 0.195. The van der Waals surface area contributed by atoms with Gasteiger partial charge in [0.05, 0.1) is 16.9 Å². The molecule has 1 aliphatic heterocycles. The van der Waals surface area contributed by atoms with E-state index in [0.717, 1.165) is 15.8 Å². The lowest BCUT2D eigenvalue weighted by atomic mass is 10.1. The van der Waals surface area contributed by atoms with Gasteiger partial charge in [0.2, 0.25) is 0 Å². The van der Waals surface area contributed by atoms with E-state index < -0.39 is 6.17 Å². The lowest BCUT2D eigenvalue weighted by Crippen LogP contribution is -2.29. The number of thiazole rings is 1. The molecule has 0 radical (unpaired) electrons. The van der Waals surface area contributed by atoms with Crippen LogP contribution in [-0.2, 0) is 0 Å². The fourth-order valence-electron chi connectivity index (χ4n) is 3.38. The number of phenolic OH excluding ortho intramolecular Hbond substituents is 1. The summed E-state index contributed by atoms with van der Waals surface area (Å²) >= 11 is 1.45. The maximum atomic E-state index is 13.9. The Balaban J connectivity index is 1.62. The largest absolute Gasteiger partial charge is 0.506 e. The number of benzene rings is 1. The minimum atomic E-state index is -0.895. The van der Waals surface area contributed by atoms with E-state index in [4.69, 9.17) is 0 Å². The molecule has 25 heavy (non-hydrogen) atoms. The Morgan fingerprint density at radius 1 is 1.32 bits per heavy atom. The fraction of sp³-hybridized carbons (Fsp3) is 0.412. The first kappa shape index (κ1) is 16.3. The van der Waals surface area contributed by atoms with Crippen LogP contribution in [-0.4, -0.2) is 57.1 Å². The van der Waals surface area contributed by atoms with Gasteiger partial charge in [-0.2, -0.15) is 4.98 Å². The molecule has 0 bridgehead atoms. The van der Waals surface area contributed by atoms with E-state index in [-0.39, 0.29) is 11.8 Å². The van der Waals surface area contributed by atoms with Crippen LogP contribution in [0.15, 0.2) is 18.3 Å². The molecule has 3 aromatic rings. The molecule has 4 rings (SSSR count). The summed E-state index contributed by atoms with van der Waals surface area (Å²) in [6.07, 6.45) is 0.955. The number of aromatic nitrogens is 3. The molecular formula is C17H20FN5OS. The number of alkyl halides is 1. The van der Waals surface area contributed by atoms with Crippen molar-refractivity contribution in [1.29, 1.82) is 0 Å². The number of rotatable bonds is 3. The van der Waals surface area contributed by atoms with Crippen molar-refractivity contribution in [3.8, 4) is 11.4 Å². The van der Waals surface area contributed by atoms with Gasteiger partial charge in [0, 0.05) is 13.1 Å². The molecule has 132 valence electrons. The van der Waals surface area contributed by atoms with Crippen LogP contribution in [0.1, 0.15) is 11.1 Å². The Hall–Kier alpha value is -2.19. The number of halogens is 1. The molecule has 1 aromatic carbocycles. The average Bonchev–Trinajstić information content (AvgIpc) is 3.12. The lowest BCUT2D eigenvalue weighted by molar-refractivity contribution is 0.314. The zero-order valence-corrected chi connectivity index (χ0v) is 15.1. The second-order valence-electron chi connectivity index (χ2n) is 6.72. The molecule has 2 aromatic heterocycles. The van der Waals surface area contributed by atoms with Gasteiger partial charge in [0.1, 0.15) is 17.6 Å². The second-order valence-corrected chi connectivity index (χ2v) is 7.75. The van der Waals surface area contributed by atoms with Crippen molar-refractivity contribution in [2.45, 2.75) is 26.1 Å². The smallest absolute Gasteiger partial charge is 0.194 e. The molecule has 0 spiro atoms. The van der Waals surface area contributed by atoms with Crippen molar-refractivity contribution in [3.05, 3.63) is 29.5 Å². The summed E-state index contributed by atoms with van der Waals surface area (Å²) in [7, 11) is 1.91. The van der Waals surface area contributed by atoms with Gasteiger partial charge in [0.25, 0.3) is 0 Å². The third kappa shape index (κ3) is 2.96. The summed E-state index contributed by atoms with van der Waals surface area (Å²) in [5.41, 5.74) is 3.19. The number of likely N-dealkylation sites (N-methyl/N-ethyl adjacent to an activating group) is 1. The first-order valence-electron chi connectivity index (χ1n) is 8.16. The normalized spacial score (nSPS) is 21.3. The number of hydrogen-bond donors (Lipinski definition) is 2. The van der Waals surface area contributed by atoms with Gasteiger partial charge in [-0.05, 0) is 38.1 Å². The summed E-state index contributed by atoms with van der Waals surface area (Å²) in [5, 5.41) is 18.6. The highest BCUT2D eigenvalue weighted by Gasteiger charge is 2.31. The predicted molar refractivity (Wildman–Crippen MR) is 97.7 cm³/mol. The monoisotopic (exact) mass is 361 g/mol. The molecule has 2 atom stereocenters. The van der Waals surface area contributed by atoms with Crippen LogP contribution >= 0.6 is 11.3 Å². The Kier molecular flexibility index (Phi) is 3.88. The molecule has 1 saturated heterocycles. The predicted octanol–water partition coefficient (Wildman–Crippen LogP) is 2.87. The Morgan fingerprint density at radius 2 is 2.12 bits per heavy atom. The van der Waals surface area contributed by atoms with Crippen molar-refractivity contribution in [2.75, 3.05) is 25.5 Å². The minimum Gasteiger partial charge on any atom is -0.506 e. The van der Waals surface area contributed by atoms with Crippen molar-refractivity contribution in [3.63, 3.8) is 0 Å². The highest BCUT2D eigenvalue weighted by molar-refractivity contribution is 7.22. The number of hydrogen-bond acceptors (Lipinski definition) is 6. The summed E-state index contributed by atoms with van der Waals surface area (Å²) < 4.78 is 16.5. The zero-order chi connectivity index (χ0) is 17.7. The molecule has 6 nitrogen and oxygen atoms in total.